The minimum Gasteiger partial charge on any atom is -0.497 e. The number of hydrogen-bond acceptors (Lipinski definition) is 5. The molecule has 10 heteroatoms. The van der Waals surface area contributed by atoms with Crippen molar-refractivity contribution in [1.82, 2.24) is 5.32 Å². The Kier molecular flexibility index (Phi) is 7.09. The normalized spacial score (nSPS) is 15.4. The molecule has 1 atom stereocenters. The van der Waals surface area contributed by atoms with Crippen LogP contribution in [0.25, 0.3) is 0 Å². The number of rotatable bonds is 7. The summed E-state index contributed by atoms with van der Waals surface area (Å²) in [4.78, 5) is 26.6. The highest BCUT2D eigenvalue weighted by molar-refractivity contribution is 7.10. The van der Waals surface area contributed by atoms with Crippen molar-refractivity contribution in [3.05, 3.63) is 40.6 Å². The van der Waals surface area contributed by atoms with Crippen LogP contribution in [0.4, 0.5) is 18.9 Å². The molecule has 0 aliphatic heterocycles. The first-order valence-corrected chi connectivity index (χ1v) is 10.6. The number of benzene rings is 1. The summed E-state index contributed by atoms with van der Waals surface area (Å²) in [6, 6.07) is 5.59. The molecule has 1 heterocycles. The first-order chi connectivity index (χ1) is 14.8. The fourth-order valence-electron chi connectivity index (χ4n) is 3.66. The van der Waals surface area contributed by atoms with Crippen molar-refractivity contribution in [3.8, 4) is 11.5 Å². The Bertz CT molecular complexity index is 912. The third kappa shape index (κ3) is 5.12. The molecule has 2 aromatic rings. The monoisotopic (exact) mass is 456 g/mol. The molecule has 1 unspecified atom stereocenters. The summed E-state index contributed by atoms with van der Waals surface area (Å²) >= 11 is 1.10. The predicted octanol–water partition coefficient (Wildman–Crippen LogP) is 4.46. The summed E-state index contributed by atoms with van der Waals surface area (Å²) in [5, 5.41) is 4.47. The van der Waals surface area contributed by atoms with Gasteiger partial charge >= 0.3 is 12.1 Å². The average Bonchev–Trinajstić information content (AvgIpc) is 3.44. The Labute approximate surface area is 181 Å². The summed E-state index contributed by atoms with van der Waals surface area (Å²) in [6.07, 6.45) is -1.82. The number of methoxy groups -OCH3 is 2. The molecule has 6 nitrogen and oxygen atoms in total. The van der Waals surface area contributed by atoms with Crippen molar-refractivity contribution in [2.45, 2.75) is 43.9 Å². The van der Waals surface area contributed by atoms with E-state index in [4.69, 9.17) is 9.47 Å². The van der Waals surface area contributed by atoms with Crippen molar-refractivity contribution >= 4 is 28.8 Å². The number of hydrogen-bond donors (Lipinski definition) is 1. The van der Waals surface area contributed by atoms with Crippen LogP contribution in [0.15, 0.2) is 35.7 Å². The molecule has 1 aromatic heterocycles. The van der Waals surface area contributed by atoms with Gasteiger partial charge in [-0.05, 0) is 36.4 Å². The Morgan fingerprint density at radius 2 is 1.87 bits per heavy atom. The summed E-state index contributed by atoms with van der Waals surface area (Å²) in [5.74, 6) is -2.50. The van der Waals surface area contributed by atoms with Gasteiger partial charge in [0.1, 0.15) is 11.5 Å². The number of carbonyl (C=O) groups is 2. The van der Waals surface area contributed by atoms with Gasteiger partial charge in [-0.25, -0.2) is 0 Å². The fourth-order valence-corrected chi connectivity index (χ4v) is 4.47. The van der Waals surface area contributed by atoms with Gasteiger partial charge in [-0.2, -0.15) is 13.2 Å². The topological polar surface area (TPSA) is 67.9 Å². The van der Waals surface area contributed by atoms with Gasteiger partial charge in [-0.3, -0.25) is 14.5 Å². The van der Waals surface area contributed by atoms with Gasteiger partial charge < -0.3 is 14.8 Å². The van der Waals surface area contributed by atoms with Crippen LogP contribution >= 0.6 is 11.3 Å². The van der Waals surface area contributed by atoms with E-state index in [1.165, 1.54) is 38.5 Å². The van der Waals surface area contributed by atoms with E-state index < -0.39 is 24.0 Å². The zero-order valence-electron chi connectivity index (χ0n) is 17.1. The average molecular weight is 456 g/mol. The second kappa shape index (κ2) is 9.59. The van der Waals surface area contributed by atoms with Crippen molar-refractivity contribution in [2.75, 3.05) is 19.1 Å². The maximum atomic E-state index is 13.7. The van der Waals surface area contributed by atoms with E-state index in [2.05, 4.69) is 5.32 Å². The number of amides is 2. The molecule has 3 rings (SSSR count). The first-order valence-electron chi connectivity index (χ1n) is 9.72. The van der Waals surface area contributed by atoms with Gasteiger partial charge in [0.05, 0.1) is 19.9 Å². The van der Waals surface area contributed by atoms with Crippen LogP contribution < -0.4 is 19.7 Å². The highest BCUT2D eigenvalue weighted by Gasteiger charge is 2.48. The van der Waals surface area contributed by atoms with E-state index in [-0.39, 0.29) is 17.5 Å². The van der Waals surface area contributed by atoms with Crippen LogP contribution in [0.2, 0.25) is 0 Å². The molecule has 31 heavy (non-hydrogen) atoms. The van der Waals surface area contributed by atoms with E-state index in [1.807, 2.05) is 0 Å². The number of ether oxygens (including phenoxy) is 2. The third-order valence-electron chi connectivity index (χ3n) is 5.13. The lowest BCUT2D eigenvalue weighted by Crippen LogP contribution is -2.50. The van der Waals surface area contributed by atoms with Crippen molar-refractivity contribution in [2.24, 2.45) is 0 Å². The van der Waals surface area contributed by atoms with Crippen LogP contribution in [0.5, 0.6) is 11.5 Å². The first kappa shape index (κ1) is 22.9. The smallest absolute Gasteiger partial charge is 0.471 e. The molecule has 1 fully saturated rings. The van der Waals surface area contributed by atoms with E-state index in [9.17, 15) is 22.8 Å². The zero-order valence-corrected chi connectivity index (χ0v) is 17.9. The SMILES string of the molecule is COc1ccc(N(C(=O)C(F)(F)F)C(C(=O)NC2CCCC2)c2cccs2)c(OC)c1. The van der Waals surface area contributed by atoms with Crippen LogP contribution in [0, 0.1) is 0 Å². The van der Waals surface area contributed by atoms with Gasteiger partial charge in [0.15, 0.2) is 6.04 Å². The van der Waals surface area contributed by atoms with Crippen LogP contribution in [-0.2, 0) is 9.59 Å². The molecule has 168 valence electrons. The lowest BCUT2D eigenvalue weighted by Gasteiger charge is -2.32. The van der Waals surface area contributed by atoms with Gasteiger partial charge in [-0.15, -0.1) is 11.3 Å². The summed E-state index contributed by atoms with van der Waals surface area (Å²) in [7, 11) is 2.67. The third-order valence-corrected chi connectivity index (χ3v) is 6.05. The standard InChI is InChI=1S/C21H23F3N2O4S/c1-29-14-9-10-15(16(12-14)30-2)26(20(28)21(22,23)24)18(17-8-5-11-31-17)19(27)25-13-6-3-4-7-13/h5,8-13,18H,3-4,6-7H2,1-2H3,(H,25,27). The number of halogens is 3. The molecule has 2 amide bonds. The molecule has 0 spiro atoms. The number of carbonyl (C=O) groups excluding carboxylic acids is 2. The van der Waals surface area contributed by atoms with E-state index in [0.29, 0.717) is 15.5 Å². The van der Waals surface area contributed by atoms with E-state index >= 15 is 0 Å². The van der Waals surface area contributed by atoms with Crippen LogP contribution in [0.3, 0.4) is 0 Å². The predicted molar refractivity (Wildman–Crippen MR) is 111 cm³/mol. The minimum absolute atomic E-state index is 0.0211. The van der Waals surface area contributed by atoms with Gasteiger partial charge in [0, 0.05) is 17.0 Å². The van der Waals surface area contributed by atoms with Gasteiger partial charge in [0.25, 0.3) is 0 Å². The molecular weight excluding hydrogens is 433 g/mol. The zero-order chi connectivity index (χ0) is 22.6. The Morgan fingerprint density at radius 3 is 2.42 bits per heavy atom. The molecule has 0 radical (unpaired) electrons. The van der Waals surface area contributed by atoms with Crippen molar-refractivity contribution in [1.29, 1.82) is 0 Å². The molecular formula is C21H23F3N2O4S. The van der Waals surface area contributed by atoms with Crippen molar-refractivity contribution < 1.29 is 32.2 Å². The molecule has 1 aliphatic rings. The van der Waals surface area contributed by atoms with E-state index in [1.54, 1.807) is 11.4 Å². The Balaban J connectivity index is 2.12. The van der Waals surface area contributed by atoms with Crippen molar-refractivity contribution in [3.63, 3.8) is 0 Å². The number of anilines is 1. The molecule has 0 saturated heterocycles. The minimum atomic E-state index is -5.20. The maximum Gasteiger partial charge on any atom is 0.471 e. The molecule has 1 aromatic carbocycles. The second-order valence-corrected chi connectivity index (χ2v) is 8.10. The Morgan fingerprint density at radius 1 is 1.16 bits per heavy atom. The second-order valence-electron chi connectivity index (χ2n) is 7.12. The largest absolute Gasteiger partial charge is 0.497 e. The number of nitrogens with one attached hydrogen (secondary N) is 1. The molecule has 0 bridgehead atoms. The molecule has 1 aliphatic carbocycles. The highest BCUT2D eigenvalue weighted by Crippen LogP contribution is 2.40. The van der Waals surface area contributed by atoms with Gasteiger partial charge in [0.2, 0.25) is 5.91 Å². The highest BCUT2D eigenvalue weighted by atomic mass is 32.1. The lowest BCUT2D eigenvalue weighted by molar-refractivity contribution is -0.171. The van der Waals surface area contributed by atoms with E-state index in [0.717, 1.165) is 37.0 Å². The van der Waals surface area contributed by atoms with Crippen LogP contribution in [-0.4, -0.2) is 38.3 Å². The van der Waals surface area contributed by atoms with Crippen LogP contribution in [0.1, 0.15) is 36.6 Å². The number of nitrogens with zero attached hydrogens (tertiary/aromatic N) is 1. The van der Waals surface area contributed by atoms with Gasteiger partial charge in [-0.1, -0.05) is 18.9 Å². The maximum absolute atomic E-state index is 13.7. The summed E-state index contributed by atoms with van der Waals surface area (Å²) < 4.78 is 51.3. The fraction of sp³-hybridized carbons (Fsp3) is 0.429. The number of thiophene rings is 1. The Hall–Kier alpha value is -2.75. The summed E-state index contributed by atoms with van der Waals surface area (Å²) in [6.45, 7) is 0. The molecule has 1 N–H and O–H groups in total. The number of alkyl halides is 3. The molecule has 1 saturated carbocycles. The summed E-state index contributed by atoms with van der Waals surface area (Å²) in [5.41, 5.74) is -0.175. The lowest BCUT2D eigenvalue weighted by atomic mass is 10.1. The quantitative estimate of drug-likeness (QED) is 0.668.